The third-order valence-corrected chi connectivity index (χ3v) is 7.19. The number of piperazine rings is 1. The number of hydrogen-bond acceptors (Lipinski definition) is 4. The first-order chi connectivity index (χ1) is 14.7. The quantitative estimate of drug-likeness (QED) is 0.802. The van der Waals surface area contributed by atoms with E-state index >= 15 is 0 Å². The molecule has 0 radical (unpaired) electrons. The molecule has 2 fully saturated rings. The molecule has 1 N–H and O–H groups in total. The van der Waals surface area contributed by atoms with Crippen molar-refractivity contribution in [2.45, 2.75) is 24.7 Å². The van der Waals surface area contributed by atoms with Crippen LogP contribution in [-0.4, -0.2) is 62.1 Å². The van der Waals surface area contributed by atoms with E-state index in [0.717, 1.165) is 63.4 Å². The van der Waals surface area contributed by atoms with Gasteiger partial charge in [-0.3, -0.25) is 9.69 Å². The van der Waals surface area contributed by atoms with Crippen LogP contribution < -0.4 is 10.1 Å². The van der Waals surface area contributed by atoms with Crippen molar-refractivity contribution in [3.05, 3.63) is 59.7 Å². The first kappa shape index (κ1) is 19.6. The van der Waals surface area contributed by atoms with Crippen molar-refractivity contribution >= 4 is 11.6 Å². The minimum absolute atomic E-state index is 0.0674. The Morgan fingerprint density at radius 3 is 2.73 bits per heavy atom. The predicted molar refractivity (Wildman–Crippen MR) is 119 cm³/mol. The maximum Gasteiger partial charge on any atom is 0.228 e. The Balaban J connectivity index is 1.19. The fourth-order valence-corrected chi connectivity index (χ4v) is 5.21. The average Bonchev–Trinajstić information content (AvgIpc) is 3.39. The summed E-state index contributed by atoms with van der Waals surface area (Å²) in [4.78, 5) is 17.9. The Hall–Kier alpha value is -2.37. The second kappa shape index (κ2) is 8.05. The molecule has 158 valence electrons. The van der Waals surface area contributed by atoms with E-state index in [0.29, 0.717) is 6.61 Å². The van der Waals surface area contributed by atoms with Gasteiger partial charge in [0.25, 0.3) is 0 Å². The number of nitrogens with zero attached hydrogens (tertiary/aromatic N) is 2. The number of carbonyl (C=O) groups is 1. The molecule has 30 heavy (non-hydrogen) atoms. The Bertz CT molecular complexity index is 922. The number of aryl methyl sites for hydroxylation is 1. The standard InChI is InChI=1S/C25H31N3O2/c1-27-12-14-28(15-13-27)16-17-30-23-9-5-4-8-22(23)26-24(29)21-18-25(21)11-10-19-6-2-3-7-20(19)25/h2-9,21H,10-18H2,1H3,(H,26,29). The SMILES string of the molecule is CN1CCN(CCOc2ccccc2NC(=O)C2CC23CCc2ccccc23)CC1. The zero-order valence-corrected chi connectivity index (χ0v) is 17.8. The Labute approximate surface area is 179 Å². The molecule has 1 heterocycles. The molecular weight excluding hydrogens is 374 g/mol. The van der Waals surface area contributed by atoms with Crippen LogP contribution in [0.4, 0.5) is 5.69 Å². The van der Waals surface area contributed by atoms with Gasteiger partial charge in [-0.25, -0.2) is 0 Å². The van der Waals surface area contributed by atoms with Gasteiger partial charge in [-0.1, -0.05) is 36.4 Å². The van der Waals surface area contributed by atoms with Crippen LogP contribution in [0.1, 0.15) is 24.0 Å². The first-order valence-corrected chi connectivity index (χ1v) is 11.2. The van der Waals surface area contributed by atoms with Crippen molar-refractivity contribution in [3.63, 3.8) is 0 Å². The summed E-state index contributed by atoms with van der Waals surface area (Å²) in [7, 11) is 2.17. The molecule has 1 saturated carbocycles. The molecule has 2 aromatic rings. The number of nitrogens with one attached hydrogen (secondary N) is 1. The number of carbonyl (C=O) groups excluding carboxylic acids is 1. The van der Waals surface area contributed by atoms with Crippen LogP contribution in [0.15, 0.2) is 48.5 Å². The molecule has 1 amide bonds. The third-order valence-electron chi connectivity index (χ3n) is 7.19. The van der Waals surface area contributed by atoms with Gasteiger partial charge >= 0.3 is 0 Å². The van der Waals surface area contributed by atoms with Crippen molar-refractivity contribution in [2.24, 2.45) is 5.92 Å². The average molecular weight is 406 g/mol. The maximum absolute atomic E-state index is 13.1. The van der Waals surface area contributed by atoms with E-state index in [2.05, 4.69) is 46.4 Å². The number of para-hydroxylation sites is 2. The normalized spacial score (nSPS) is 25.8. The monoisotopic (exact) mass is 405 g/mol. The molecule has 0 aromatic heterocycles. The fraction of sp³-hybridized carbons (Fsp3) is 0.480. The van der Waals surface area contributed by atoms with Crippen LogP contribution in [0.5, 0.6) is 5.75 Å². The smallest absolute Gasteiger partial charge is 0.228 e. The number of likely N-dealkylation sites (N-methyl/N-ethyl adjacent to an activating group) is 1. The highest BCUT2D eigenvalue weighted by atomic mass is 16.5. The number of amides is 1. The maximum atomic E-state index is 13.1. The number of fused-ring (bicyclic) bond motifs is 2. The minimum atomic E-state index is 0.0674. The van der Waals surface area contributed by atoms with Crippen LogP contribution in [0.25, 0.3) is 0 Å². The van der Waals surface area contributed by atoms with Gasteiger partial charge < -0.3 is 15.0 Å². The lowest BCUT2D eigenvalue weighted by Gasteiger charge is -2.32. The van der Waals surface area contributed by atoms with Crippen LogP contribution in [0.3, 0.4) is 0 Å². The van der Waals surface area contributed by atoms with Gasteiger partial charge in [0.2, 0.25) is 5.91 Å². The number of hydrogen-bond donors (Lipinski definition) is 1. The Morgan fingerprint density at radius 2 is 1.87 bits per heavy atom. The zero-order valence-electron chi connectivity index (χ0n) is 17.8. The van der Waals surface area contributed by atoms with E-state index in [9.17, 15) is 4.79 Å². The number of benzene rings is 2. The third kappa shape index (κ3) is 3.72. The topological polar surface area (TPSA) is 44.8 Å². The Morgan fingerprint density at radius 1 is 1.10 bits per heavy atom. The highest BCUT2D eigenvalue weighted by molar-refractivity contribution is 5.97. The lowest BCUT2D eigenvalue weighted by molar-refractivity contribution is -0.117. The highest BCUT2D eigenvalue weighted by Gasteiger charge is 2.61. The van der Waals surface area contributed by atoms with Crippen LogP contribution in [0, 0.1) is 5.92 Å². The molecule has 1 aliphatic heterocycles. The molecular formula is C25H31N3O2. The second-order valence-electron chi connectivity index (χ2n) is 9.05. The molecule has 3 aliphatic rings. The predicted octanol–water partition coefficient (Wildman–Crippen LogP) is 3.16. The highest BCUT2D eigenvalue weighted by Crippen LogP contribution is 2.61. The van der Waals surface area contributed by atoms with Crippen molar-refractivity contribution in [1.82, 2.24) is 9.80 Å². The summed E-state index contributed by atoms with van der Waals surface area (Å²) < 4.78 is 6.07. The molecule has 2 aliphatic carbocycles. The zero-order chi connectivity index (χ0) is 20.6. The van der Waals surface area contributed by atoms with Gasteiger partial charge in [0.05, 0.1) is 5.69 Å². The lowest BCUT2D eigenvalue weighted by Crippen LogP contribution is -2.45. The summed E-state index contributed by atoms with van der Waals surface area (Å²) in [6.45, 7) is 5.95. The minimum Gasteiger partial charge on any atom is -0.490 e. The van der Waals surface area contributed by atoms with Crippen LogP contribution in [-0.2, 0) is 16.6 Å². The summed E-state index contributed by atoms with van der Waals surface area (Å²) in [6.07, 6.45) is 3.14. The van der Waals surface area contributed by atoms with Crippen molar-refractivity contribution in [1.29, 1.82) is 0 Å². The summed E-state index contributed by atoms with van der Waals surface area (Å²) in [6, 6.07) is 16.4. The van der Waals surface area contributed by atoms with Gasteiger partial charge in [-0.15, -0.1) is 0 Å². The summed E-state index contributed by atoms with van der Waals surface area (Å²) in [5.74, 6) is 0.961. The van der Waals surface area contributed by atoms with E-state index in [4.69, 9.17) is 4.74 Å². The number of anilines is 1. The van der Waals surface area contributed by atoms with Gasteiger partial charge in [0, 0.05) is 44.1 Å². The summed E-state index contributed by atoms with van der Waals surface area (Å²) in [5, 5.41) is 3.16. The molecule has 2 unspecified atom stereocenters. The molecule has 2 aromatic carbocycles. The molecule has 1 saturated heterocycles. The summed E-state index contributed by atoms with van der Waals surface area (Å²) in [5.41, 5.74) is 3.66. The van der Waals surface area contributed by atoms with Gasteiger partial charge in [-0.05, 0) is 49.6 Å². The van der Waals surface area contributed by atoms with Crippen molar-refractivity contribution < 1.29 is 9.53 Å². The Kier molecular flexibility index (Phi) is 5.25. The molecule has 1 spiro atoms. The van der Waals surface area contributed by atoms with Crippen LogP contribution in [0.2, 0.25) is 0 Å². The van der Waals surface area contributed by atoms with E-state index in [1.165, 1.54) is 11.1 Å². The van der Waals surface area contributed by atoms with E-state index < -0.39 is 0 Å². The second-order valence-corrected chi connectivity index (χ2v) is 9.05. The van der Waals surface area contributed by atoms with E-state index in [1.807, 2.05) is 24.3 Å². The number of rotatable bonds is 6. The van der Waals surface area contributed by atoms with E-state index in [1.54, 1.807) is 0 Å². The van der Waals surface area contributed by atoms with Crippen LogP contribution >= 0.6 is 0 Å². The molecule has 0 bridgehead atoms. The first-order valence-electron chi connectivity index (χ1n) is 11.2. The van der Waals surface area contributed by atoms with Crippen molar-refractivity contribution in [3.8, 4) is 5.75 Å². The van der Waals surface area contributed by atoms with Crippen molar-refractivity contribution in [2.75, 3.05) is 51.7 Å². The molecule has 5 heteroatoms. The molecule has 5 nitrogen and oxygen atoms in total. The summed E-state index contributed by atoms with van der Waals surface area (Å²) >= 11 is 0. The molecule has 5 rings (SSSR count). The van der Waals surface area contributed by atoms with Gasteiger partial charge in [0.15, 0.2) is 0 Å². The number of ether oxygens (including phenoxy) is 1. The molecule has 2 atom stereocenters. The van der Waals surface area contributed by atoms with Gasteiger partial charge in [0.1, 0.15) is 12.4 Å². The lowest BCUT2D eigenvalue weighted by atomic mass is 9.95. The fourth-order valence-electron chi connectivity index (χ4n) is 5.21. The van der Waals surface area contributed by atoms with Gasteiger partial charge in [-0.2, -0.15) is 0 Å². The van der Waals surface area contributed by atoms with E-state index in [-0.39, 0.29) is 17.2 Å². The largest absolute Gasteiger partial charge is 0.490 e.